The summed E-state index contributed by atoms with van der Waals surface area (Å²) in [6, 6.07) is 17.7. The molecule has 8 heteroatoms. The Kier molecular flexibility index (Phi) is 6.70. The summed E-state index contributed by atoms with van der Waals surface area (Å²) in [5.41, 5.74) is 4.50. The highest BCUT2D eigenvalue weighted by Gasteiger charge is 2.27. The van der Waals surface area contributed by atoms with Crippen LogP contribution in [0.2, 0.25) is 5.02 Å². The minimum absolute atomic E-state index is 0.252. The van der Waals surface area contributed by atoms with Gasteiger partial charge in [-0.1, -0.05) is 49.7 Å². The van der Waals surface area contributed by atoms with Gasteiger partial charge in [-0.3, -0.25) is 9.69 Å². The number of hydrogen-bond acceptors (Lipinski definition) is 5. The van der Waals surface area contributed by atoms with Gasteiger partial charge in [-0.2, -0.15) is 5.10 Å². The highest BCUT2D eigenvalue weighted by Crippen LogP contribution is 2.31. The lowest BCUT2D eigenvalue weighted by Gasteiger charge is -2.27. The summed E-state index contributed by atoms with van der Waals surface area (Å²) in [5, 5.41) is 8.11. The molecule has 1 atom stereocenters. The lowest BCUT2D eigenvalue weighted by Crippen LogP contribution is -2.37. The Morgan fingerprint density at radius 2 is 1.97 bits per heavy atom. The van der Waals surface area contributed by atoms with E-state index < -0.39 is 0 Å². The van der Waals surface area contributed by atoms with E-state index in [1.54, 1.807) is 23.0 Å². The quantitative estimate of drug-likeness (QED) is 0.386. The summed E-state index contributed by atoms with van der Waals surface area (Å²) in [7, 11) is 0. The lowest BCUT2D eigenvalue weighted by atomic mass is 10.1. The number of benzene rings is 2. The van der Waals surface area contributed by atoms with Gasteiger partial charge in [-0.05, 0) is 55.4 Å². The number of carbonyl (C=O) groups is 1. The summed E-state index contributed by atoms with van der Waals surface area (Å²) in [6.07, 6.45) is 4.62. The van der Waals surface area contributed by atoms with Crippen LogP contribution in [0.25, 0.3) is 16.8 Å². The molecule has 1 amide bonds. The van der Waals surface area contributed by atoms with Crippen LogP contribution >= 0.6 is 11.6 Å². The van der Waals surface area contributed by atoms with Crippen LogP contribution in [0.5, 0.6) is 0 Å². The molecule has 1 N–H and O–H groups in total. The van der Waals surface area contributed by atoms with E-state index in [0.717, 1.165) is 55.1 Å². The molecule has 3 heterocycles. The Balaban J connectivity index is 1.39. The van der Waals surface area contributed by atoms with E-state index in [1.807, 2.05) is 42.5 Å². The van der Waals surface area contributed by atoms with Crippen molar-refractivity contribution >= 4 is 34.5 Å². The van der Waals surface area contributed by atoms with Crippen LogP contribution in [-0.2, 0) is 0 Å². The first-order valence-corrected chi connectivity index (χ1v) is 12.4. The van der Waals surface area contributed by atoms with Crippen LogP contribution in [-0.4, -0.2) is 57.6 Å². The molecule has 5 rings (SSSR count). The Hall–Kier alpha value is -3.42. The number of para-hydroxylation sites is 2. The molecule has 2 aromatic heterocycles. The molecule has 1 aliphatic rings. The number of hydrogen-bond donors (Lipinski definition) is 1. The normalized spacial score (nSPS) is 15.8. The molecule has 35 heavy (non-hydrogen) atoms. The Morgan fingerprint density at radius 1 is 1.14 bits per heavy atom. The average molecular weight is 489 g/mol. The van der Waals surface area contributed by atoms with E-state index >= 15 is 0 Å². The Bertz CT molecular complexity index is 1350. The Morgan fingerprint density at radius 3 is 2.77 bits per heavy atom. The highest BCUT2D eigenvalue weighted by atomic mass is 35.5. The van der Waals surface area contributed by atoms with Gasteiger partial charge in [0, 0.05) is 35.9 Å². The maximum Gasteiger partial charge on any atom is 0.274 e. The fraction of sp³-hybridized carbons (Fsp3) is 0.296. The van der Waals surface area contributed by atoms with Gasteiger partial charge in [0.05, 0.1) is 17.6 Å². The maximum atomic E-state index is 13.3. The van der Waals surface area contributed by atoms with Crippen LogP contribution in [0.3, 0.4) is 0 Å². The van der Waals surface area contributed by atoms with Gasteiger partial charge >= 0.3 is 0 Å². The van der Waals surface area contributed by atoms with Gasteiger partial charge in [-0.25, -0.2) is 9.50 Å². The minimum atomic E-state index is -0.252. The molecule has 0 saturated carbocycles. The first kappa shape index (κ1) is 23.3. The smallest absolute Gasteiger partial charge is 0.274 e. The van der Waals surface area contributed by atoms with E-state index in [1.165, 1.54) is 0 Å². The van der Waals surface area contributed by atoms with Crippen LogP contribution in [0, 0.1) is 0 Å². The van der Waals surface area contributed by atoms with Crippen LogP contribution in [0.4, 0.5) is 11.4 Å². The molecule has 0 bridgehead atoms. The largest absolute Gasteiger partial charge is 0.368 e. The monoisotopic (exact) mass is 488 g/mol. The van der Waals surface area contributed by atoms with E-state index in [2.05, 4.69) is 45.1 Å². The topological polar surface area (TPSA) is 65.8 Å². The summed E-state index contributed by atoms with van der Waals surface area (Å²) in [4.78, 5) is 22.8. The molecule has 0 unspecified atom stereocenters. The second-order valence-electron chi connectivity index (χ2n) is 8.73. The fourth-order valence-electron chi connectivity index (χ4n) is 4.90. The summed E-state index contributed by atoms with van der Waals surface area (Å²) in [6.45, 7) is 8.44. The zero-order chi connectivity index (χ0) is 24.4. The second-order valence-corrected chi connectivity index (χ2v) is 9.17. The van der Waals surface area contributed by atoms with Crippen molar-refractivity contribution in [2.45, 2.75) is 26.3 Å². The number of aromatic nitrogens is 3. The highest BCUT2D eigenvalue weighted by molar-refractivity contribution is 6.30. The second kappa shape index (κ2) is 10.1. The first-order chi connectivity index (χ1) is 17.1. The predicted octanol–water partition coefficient (Wildman–Crippen LogP) is 5.22. The summed E-state index contributed by atoms with van der Waals surface area (Å²) in [5.74, 6) is -0.252. The lowest BCUT2D eigenvalue weighted by molar-refractivity contribution is 0.102. The molecule has 1 aliphatic heterocycles. The van der Waals surface area contributed by atoms with Crippen molar-refractivity contribution in [3.05, 3.63) is 77.7 Å². The number of nitrogens with zero attached hydrogens (tertiary/aromatic N) is 5. The molecule has 1 saturated heterocycles. The van der Waals surface area contributed by atoms with E-state index in [0.29, 0.717) is 22.4 Å². The molecular weight excluding hydrogens is 460 g/mol. The molecule has 0 radical (unpaired) electrons. The van der Waals surface area contributed by atoms with Crippen molar-refractivity contribution in [1.82, 2.24) is 19.5 Å². The SMILES string of the molecule is CCN(CC)[C@@H]1CCN(c2ccccc2NC(=O)c2ccn3ncc(-c4cccc(Cl)c4)c3n2)C1. The van der Waals surface area contributed by atoms with E-state index in [-0.39, 0.29) is 5.91 Å². The number of carbonyl (C=O) groups excluding carboxylic acids is 1. The minimum Gasteiger partial charge on any atom is -0.368 e. The molecule has 7 nitrogen and oxygen atoms in total. The van der Waals surface area contributed by atoms with Gasteiger partial charge in [0.2, 0.25) is 0 Å². The first-order valence-electron chi connectivity index (χ1n) is 12.1. The third-order valence-corrected chi connectivity index (χ3v) is 6.96. The molecular formula is C27H29ClN6O. The van der Waals surface area contributed by atoms with Crippen molar-refractivity contribution in [1.29, 1.82) is 0 Å². The zero-order valence-electron chi connectivity index (χ0n) is 20.0. The van der Waals surface area contributed by atoms with Gasteiger partial charge < -0.3 is 10.2 Å². The van der Waals surface area contributed by atoms with Crippen LogP contribution in [0.1, 0.15) is 30.8 Å². The average Bonchev–Trinajstić information content (AvgIpc) is 3.52. The number of rotatable bonds is 7. The fourth-order valence-corrected chi connectivity index (χ4v) is 5.09. The maximum absolute atomic E-state index is 13.3. The number of amides is 1. The molecule has 0 spiro atoms. The molecule has 180 valence electrons. The molecule has 4 aromatic rings. The van der Waals surface area contributed by atoms with Crippen molar-refractivity contribution in [2.75, 3.05) is 36.4 Å². The van der Waals surface area contributed by atoms with Gasteiger partial charge in [-0.15, -0.1) is 0 Å². The number of likely N-dealkylation sites (N-methyl/N-ethyl adjacent to an activating group) is 1. The molecule has 0 aliphatic carbocycles. The van der Waals surface area contributed by atoms with Crippen molar-refractivity contribution < 1.29 is 4.79 Å². The third-order valence-electron chi connectivity index (χ3n) is 6.72. The van der Waals surface area contributed by atoms with Crippen LogP contribution < -0.4 is 10.2 Å². The number of anilines is 2. The van der Waals surface area contributed by atoms with Gasteiger partial charge in [0.15, 0.2) is 5.65 Å². The zero-order valence-corrected chi connectivity index (χ0v) is 20.7. The summed E-state index contributed by atoms with van der Waals surface area (Å²) >= 11 is 6.18. The van der Waals surface area contributed by atoms with E-state index in [9.17, 15) is 4.79 Å². The van der Waals surface area contributed by atoms with Crippen molar-refractivity contribution in [3.8, 4) is 11.1 Å². The predicted molar refractivity (Wildman–Crippen MR) is 141 cm³/mol. The van der Waals surface area contributed by atoms with Gasteiger partial charge in [0.25, 0.3) is 5.91 Å². The number of halogens is 1. The number of fused-ring (bicyclic) bond motifs is 1. The number of nitrogens with one attached hydrogen (secondary N) is 1. The Labute approximate surface area is 210 Å². The van der Waals surface area contributed by atoms with Crippen molar-refractivity contribution in [3.63, 3.8) is 0 Å². The third kappa shape index (κ3) is 4.74. The standard InChI is InChI=1S/C27H29ClN6O/c1-3-32(4-2)21-12-14-33(18-21)25-11-6-5-10-23(25)31-27(35)24-13-15-34-26(30-24)22(17-29-34)19-8-7-9-20(28)16-19/h5-11,13,15-17,21H,3-4,12,14,18H2,1-2H3,(H,31,35)/t21-/m1/s1. The summed E-state index contributed by atoms with van der Waals surface area (Å²) < 4.78 is 1.67. The van der Waals surface area contributed by atoms with E-state index in [4.69, 9.17) is 11.6 Å². The molecule has 2 aromatic carbocycles. The van der Waals surface area contributed by atoms with Crippen molar-refractivity contribution in [2.24, 2.45) is 0 Å². The van der Waals surface area contributed by atoms with Gasteiger partial charge in [0.1, 0.15) is 5.69 Å². The van der Waals surface area contributed by atoms with Crippen LogP contribution in [0.15, 0.2) is 67.0 Å². The molecule has 1 fully saturated rings.